The summed E-state index contributed by atoms with van der Waals surface area (Å²) in [6.45, 7) is 4.22. The van der Waals surface area contributed by atoms with Crippen LogP contribution in [0.3, 0.4) is 0 Å². The molecule has 0 bridgehead atoms. The van der Waals surface area contributed by atoms with Crippen LogP contribution in [0.4, 0.5) is 0 Å². The monoisotopic (exact) mass is 299 g/mol. The van der Waals surface area contributed by atoms with E-state index in [1.165, 1.54) is 0 Å². The van der Waals surface area contributed by atoms with E-state index in [9.17, 15) is 5.26 Å². The predicted molar refractivity (Wildman–Crippen MR) is 78.4 cm³/mol. The van der Waals surface area contributed by atoms with E-state index in [0.29, 0.717) is 5.92 Å². The summed E-state index contributed by atoms with van der Waals surface area (Å²) in [6.07, 6.45) is 0. The second-order valence-electron chi connectivity index (χ2n) is 4.52. The van der Waals surface area contributed by atoms with E-state index >= 15 is 0 Å². The topological polar surface area (TPSA) is 23.8 Å². The molecule has 0 atom stereocenters. The van der Waals surface area contributed by atoms with Gasteiger partial charge in [-0.25, -0.2) is 0 Å². The van der Waals surface area contributed by atoms with Crippen LogP contribution in [0.5, 0.6) is 0 Å². The van der Waals surface area contributed by atoms with E-state index in [-0.39, 0.29) is 0 Å². The lowest BCUT2D eigenvalue weighted by Gasteiger charge is -2.14. The predicted octanol–water partition coefficient (Wildman–Crippen LogP) is 5.11. The summed E-state index contributed by atoms with van der Waals surface area (Å²) in [5.41, 5.74) is 3.93. The Bertz CT molecular complexity index is 594. The van der Waals surface area contributed by atoms with Crippen molar-refractivity contribution in [2.24, 2.45) is 0 Å². The van der Waals surface area contributed by atoms with Crippen molar-refractivity contribution < 1.29 is 0 Å². The highest BCUT2D eigenvalue weighted by Gasteiger charge is 2.15. The maximum Gasteiger partial charge on any atom is 0.100 e. The minimum Gasteiger partial charge on any atom is -0.192 e. The highest BCUT2D eigenvalue weighted by molar-refractivity contribution is 9.10. The highest BCUT2D eigenvalue weighted by Crippen LogP contribution is 2.35. The average molecular weight is 300 g/mol. The Labute approximate surface area is 116 Å². The van der Waals surface area contributed by atoms with Crippen molar-refractivity contribution >= 4 is 15.9 Å². The first-order valence-electron chi connectivity index (χ1n) is 5.93. The zero-order chi connectivity index (χ0) is 13.1. The smallest absolute Gasteiger partial charge is 0.100 e. The number of hydrogen-bond donors (Lipinski definition) is 0. The Morgan fingerprint density at radius 2 is 1.72 bits per heavy atom. The summed E-state index contributed by atoms with van der Waals surface area (Å²) in [5.74, 6) is 0.343. The van der Waals surface area contributed by atoms with Gasteiger partial charge in [0.05, 0.1) is 5.56 Å². The third kappa shape index (κ3) is 2.32. The molecule has 18 heavy (non-hydrogen) atoms. The zero-order valence-corrected chi connectivity index (χ0v) is 12.0. The first-order chi connectivity index (χ1) is 8.65. The number of benzene rings is 2. The van der Waals surface area contributed by atoms with Gasteiger partial charge in [0.15, 0.2) is 0 Å². The molecule has 0 saturated heterocycles. The van der Waals surface area contributed by atoms with Crippen LogP contribution in [-0.2, 0) is 0 Å². The second-order valence-corrected chi connectivity index (χ2v) is 5.37. The molecule has 2 heteroatoms. The van der Waals surface area contributed by atoms with Gasteiger partial charge in [0.2, 0.25) is 0 Å². The molecule has 0 N–H and O–H groups in total. The van der Waals surface area contributed by atoms with E-state index in [1.54, 1.807) is 0 Å². The van der Waals surface area contributed by atoms with Gasteiger partial charge >= 0.3 is 0 Å². The molecule has 90 valence electrons. The number of nitrogens with zero attached hydrogens (tertiary/aromatic N) is 1. The molecule has 0 heterocycles. The van der Waals surface area contributed by atoms with Crippen LogP contribution in [0, 0.1) is 11.3 Å². The maximum atomic E-state index is 9.46. The van der Waals surface area contributed by atoms with Crippen LogP contribution in [0.2, 0.25) is 0 Å². The zero-order valence-electron chi connectivity index (χ0n) is 10.4. The molecule has 0 radical (unpaired) electrons. The van der Waals surface area contributed by atoms with Crippen molar-refractivity contribution in [3.63, 3.8) is 0 Å². The normalized spacial score (nSPS) is 10.4. The minimum atomic E-state index is 0.343. The molecule has 0 aromatic heterocycles. The van der Waals surface area contributed by atoms with E-state index in [0.717, 1.165) is 26.7 Å². The minimum absolute atomic E-state index is 0.343. The lowest BCUT2D eigenvalue weighted by Crippen LogP contribution is -1.96. The van der Waals surface area contributed by atoms with Gasteiger partial charge in [0, 0.05) is 10.0 Å². The standard InChI is InChI=1S/C16H14BrN/c1-11(2)13-8-9-15(17)16(14(13)10-18)12-6-4-3-5-7-12/h3-9,11H,1-2H3. The van der Waals surface area contributed by atoms with Crippen LogP contribution >= 0.6 is 15.9 Å². The van der Waals surface area contributed by atoms with E-state index in [4.69, 9.17) is 0 Å². The largest absolute Gasteiger partial charge is 0.192 e. The summed E-state index contributed by atoms with van der Waals surface area (Å²) in [6, 6.07) is 16.4. The fourth-order valence-corrected chi connectivity index (χ4v) is 2.64. The van der Waals surface area contributed by atoms with Crippen molar-refractivity contribution in [2.45, 2.75) is 19.8 Å². The molecule has 0 amide bonds. The highest BCUT2D eigenvalue weighted by atomic mass is 79.9. The molecule has 1 nitrogen and oxygen atoms in total. The maximum absolute atomic E-state index is 9.46. The second kappa shape index (κ2) is 5.37. The Balaban J connectivity index is 2.74. The molecule has 2 aromatic carbocycles. The fraction of sp³-hybridized carbons (Fsp3) is 0.188. The van der Waals surface area contributed by atoms with Crippen molar-refractivity contribution in [1.29, 1.82) is 5.26 Å². The average Bonchev–Trinajstić information content (AvgIpc) is 2.38. The van der Waals surface area contributed by atoms with Gasteiger partial charge in [-0.1, -0.05) is 66.2 Å². The van der Waals surface area contributed by atoms with Crippen LogP contribution in [0.1, 0.15) is 30.9 Å². The lowest BCUT2D eigenvalue weighted by atomic mass is 9.91. The summed E-state index contributed by atoms with van der Waals surface area (Å²) in [4.78, 5) is 0. The van der Waals surface area contributed by atoms with Crippen LogP contribution < -0.4 is 0 Å². The molecule has 0 unspecified atom stereocenters. The summed E-state index contributed by atoms with van der Waals surface area (Å²) in [5, 5.41) is 9.46. The summed E-state index contributed by atoms with van der Waals surface area (Å²) >= 11 is 3.56. The molecule has 2 rings (SSSR count). The molecule has 0 fully saturated rings. The number of rotatable bonds is 2. The summed E-state index contributed by atoms with van der Waals surface area (Å²) in [7, 11) is 0. The molecular weight excluding hydrogens is 286 g/mol. The molecule has 0 aliphatic carbocycles. The van der Waals surface area contributed by atoms with Gasteiger partial charge in [-0.15, -0.1) is 0 Å². The van der Waals surface area contributed by atoms with E-state index in [2.05, 4.69) is 35.8 Å². The molecule has 2 aromatic rings. The van der Waals surface area contributed by atoms with Gasteiger partial charge in [0.25, 0.3) is 0 Å². The molecule has 0 aliphatic rings. The van der Waals surface area contributed by atoms with Gasteiger partial charge in [0.1, 0.15) is 6.07 Å². The Hall–Kier alpha value is -1.59. The van der Waals surface area contributed by atoms with Gasteiger partial charge < -0.3 is 0 Å². The first-order valence-corrected chi connectivity index (χ1v) is 6.72. The Kier molecular flexibility index (Phi) is 3.84. The van der Waals surface area contributed by atoms with Gasteiger partial charge in [-0.05, 0) is 23.1 Å². The fourth-order valence-electron chi connectivity index (χ4n) is 2.08. The van der Waals surface area contributed by atoms with Crippen molar-refractivity contribution in [3.05, 3.63) is 58.1 Å². The Morgan fingerprint density at radius 3 is 2.28 bits per heavy atom. The number of halogens is 1. The summed E-state index contributed by atoms with van der Waals surface area (Å²) < 4.78 is 0.967. The molecule has 0 spiro atoms. The Morgan fingerprint density at radius 1 is 1.06 bits per heavy atom. The van der Waals surface area contributed by atoms with Crippen LogP contribution in [0.25, 0.3) is 11.1 Å². The number of nitriles is 1. The van der Waals surface area contributed by atoms with E-state index in [1.807, 2.05) is 42.5 Å². The molecule has 0 saturated carbocycles. The van der Waals surface area contributed by atoms with Crippen LogP contribution in [0.15, 0.2) is 46.9 Å². The lowest BCUT2D eigenvalue weighted by molar-refractivity contribution is 0.862. The number of hydrogen-bond acceptors (Lipinski definition) is 1. The third-order valence-corrected chi connectivity index (χ3v) is 3.64. The third-order valence-electron chi connectivity index (χ3n) is 2.98. The van der Waals surface area contributed by atoms with Crippen molar-refractivity contribution in [2.75, 3.05) is 0 Å². The van der Waals surface area contributed by atoms with E-state index < -0.39 is 0 Å². The van der Waals surface area contributed by atoms with Crippen LogP contribution in [-0.4, -0.2) is 0 Å². The quantitative estimate of drug-likeness (QED) is 0.756. The van der Waals surface area contributed by atoms with Gasteiger partial charge in [-0.3, -0.25) is 0 Å². The van der Waals surface area contributed by atoms with Gasteiger partial charge in [-0.2, -0.15) is 5.26 Å². The molecule has 0 aliphatic heterocycles. The van der Waals surface area contributed by atoms with Crippen molar-refractivity contribution in [3.8, 4) is 17.2 Å². The molecular formula is C16H14BrN. The van der Waals surface area contributed by atoms with Crippen molar-refractivity contribution in [1.82, 2.24) is 0 Å². The SMILES string of the molecule is CC(C)c1ccc(Br)c(-c2ccccc2)c1C#N. The first kappa shape index (κ1) is 12.9.